The Morgan fingerprint density at radius 1 is 1.21 bits per heavy atom. The summed E-state index contributed by atoms with van der Waals surface area (Å²) in [5.41, 5.74) is 2.36. The Labute approximate surface area is 112 Å². The van der Waals surface area contributed by atoms with Crippen molar-refractivity contribution >= 4 is 5.91 Å². The van der Waals surface area contributed by atoms with E-state index in [9.17, 15) is 4.79 Å². The Morgan fingerprint density at radius 2 is 1.95 bits per heavy atom. The number of amides is 1. The summed E-state index contributed by atoms with van der Waals surface area (Å²) in [4.78, 5) is 20.0. The molecule has 0 saturated heterocycles. The predicted molar refractivity (Wildman–Crippen MR) is 74.0 cm³/mol. The highest BCUT2D eigenvalue weighted by molar-refractivity contribution is 5.91. The second-order valence-electron chi connectivity index (χ2n) is 4.56. The number of benzene rings is 1. The first-order chi connectivity index (χ1) is 9.16. The van der Waals surface area contributed by atoms with Gasteiger partial charge < -0.3 is 5.32 Å². The summed E-state index contributed by atoms with van der Waals surface area (Å²) >= 11 is 0. The summed E-state index contributed by atoms with van der Waals surface area (Å²) in [6, 6.07) is 10.1. The van der Waals surface area contributed by atoms with Gasteiger partial charge in [-0.05, 0) is 18.4 Å². The van der Waals surface area contributed by atoms with Crippen molar-refractivity contribution in [2.75, 3.05) is 6.54 Å². The van der Waals surface area contributed by atoms with Crippen molar-refractivity contribution in [1.82, 2.24) is 15.3 Å². The number of nitrogens with one attached hydrogen (secondary N) is 1. The lowest BCUT2D eigenvalue weighted by atomic mass is 10.0. The van der Waals surface area contributed by atoms with Crippen LogP contribution in [0.4, 0.5) is 0 Å². The van der Waals surface area contributed by atoms with E-state index in [1.807, 2.05) is 25.1 Å². The molecule has 1 N–H and O–H groups in total. The molecule has 4 nitrogen and oxygen atoms in total. The van der Waals surface area contributed by atoms with E-state index in [-0.39, 0.29) is 11.8 Å². The molecule has 0 radical (unpaired) electrons. The zero-order valence-electron chi connectivity index (χ0n) is 11.1. The highest BCUT2D eigenvalue weighted by atomic mass is 16.1. The first-order valence-electron chi connectivity index (χ1n) is 6.28. The topological polar surface area (TPSA) is 54.9 Å². The van der Waals surface area contributed by atoms with Crippen molar-refractivity contribution in [3.8, 4) is 0 Å². The fraction of sp³-hybridized carbons (Fsp3) is 0.267. The molecule has 1 atom stereocenters. The number of hydrogen-bond acceptors (Lipinski definition) is 3. The minimum atomic E-state index is -0.185. The van der Waals surface area contributed by atoms with Gasteiger partial charge >= 0.3 is 0 Å². The third-order valence-electron chi connectivity index (χ3n) is 2.95. The Kier molecular flexibility index (Phi) is 4.23. The van der Waals surface area contributed by atoms with Crippen molar-refractivity contribution in [2.24, 2.45) is 0 Å². The fourth-order valence-electron chi connectivity index (χ4n) is 1.75. The van der Waals surface area contributed by atoms with Crippen molar-refractivity contribution in [1.29, 1.82) is 0 Å². The van der Waals surface area contributed by atoms with Gasteiger partial charge in [0.15, 0.2) is 0 Å². The van der Waals surface area contributed by atoms with Gasteiger partial charge in [0.2, 0.25) is 0 Å². The quantitative estimate of drug-likeness (QED) is 0.912. The van der Waals surface area contributed by atoms with Crippen LogP contribution in [0.15, 0.2) is 42.7 Å². The minimum Gasteiger partial charge on any atom is -0.350 e. The van der Waals surface area contributed by atoms with Gasteiger partial charge in [-0.15, -0.1) is 0 Å². The van der Waals surface area contributed by atoms with E-state index in [4.69, 9.17) is 0 Å². The number of rotatable bonds is 4. The molecule has 0 bridgehead atoms. The Hall–Kier alpha value is -2.23. The molecule has 1 amide bonds. The lowest BCUT2D eigenvalue weighted by Gasteiger charge is -2.12. The van der Waals surface area contributed by atoms with E-state index in [0.29, 0.717) is 12.2 Å². The Bertz CT molecular complexity index is 537. The third-order valence-corrected chi connectivity index (χ3v) is 2.95. The molecule has 98 valence electrons. The Balaban J connectivity index is 1.92. The van der Waals surface area contributed by atoms with E-state index in [1.54, 1.807) is 6.20 Å². The van der Waals surface area contributed by atoms with Gasteiger partial charge in [0.05, 0.1) is 11.9 Å². The molecule has 0 aliphatic heterocycles. The number of nitrogens with zero attached hydrogens (tertiary/aromatic N) is 2. The average molecular weight is 255 g/mol. The molecule has 1 heterocycles. The molecule has 1 aromatic heterocycles. The van der Waals surface area contributed by atoms with E-state index in [0.717, 1.165) is 5.69 Å². The van der Waals surface area contributed by atoms with E-state index in [1.165, 1.54) is 11.8 Å². The first kappa shape index (κ1) is 13.2. The number of carbonyl (C=O) groups excluding carboxylic acids is 1. The van der Waals surface area contributed by atoms with Crippen molar-refractivity contribution in [3.63, 3.8) is 0 Å². The van der Waals surface area contributed by atoms with Gasteiger partial charge in [0, 0.05) is 12.7 Å². The number of carbonyl (C=O) groups is 1. The molecule has 0 saturated carbocycles. The van der Waals surface area contributed by atoms with E-state index >= 15 is 0 Å². The maximum absolute atomic E-state index is 11.9. The second kappa shape index (κ2) is 6.09. The molecule has 1 aromatic carbocycles. The van der Waals surface area contributed by atoms with Crippen LogP contribution in [0.3, 0.4) is 0 Å². The molecular formula is C15H17N3O. The summed E-state index contributed by atoms with van der Waals surface area (Å²) in [6.45, 7) is 4.50. The van der Waals surface area contributed by atoms with Gasteiger partial charge in [0.25, 0.3) is 5.91 Å². The van der Waals surface area contributed by atoms with Crippen LogP contribution in [0, 0.1) is 6.92 Å². The molecule has 2 aromatic rings. The summed E-state index contributed by atoms with van der Waals surface area (Å²) in [5, 5.41) is 2.88. The van der Waals surface area contributed by atoms with Gasteiger partial charge in [-0.1, -0.05) is 37.3 Å². The molecule has 19 heavy (non-hydrogen) atoms. The van der Waals surface area contributed by atoms with Crippen molar-refractivity contribution in [2.45, 2.75) is 19.8 Å². The summed E-state index contributed by atoms with van der Waals surface area (Å²) in [6.07, 6.45) is 3.09. The lowest BCUT2D eigenvalue weighted by molar-refractivity contribution is 0.0946. The van der Waals surface area contributed by atoms with Crippen LogP contribution in [-0.4, -0.2) is 22.4 Å². The summed E-state index contributed by atoms with van der Waals surface area (Å²) < 4.78 is 0. The highest BCUT2D eigenvalue weighted by Gasteiger charge is 2.10. The predicted octanol–water partition coefficient (Wildman–Crippen LogP) is 2.32. The van der Waals surface area contributed by atoms with Crippen LogP contribution in [0.1, 0.15) is 34.6 Å². The largest absolute Gasteiger partial charge is 0.350 e. The smallest absolute Gasteiger partial charge is 0.271 e. The monoisotopic (exact) mass is 255 g/mol. The molecule has 4 heteroatoms. The van der Waals surface area contributed by atoms with Gasteiger partial charge in [-0.25, -0.2) is 4.98 Å². The van der Waals surface area contributed by atoms with Crippen LogP contribution in [0.2, 0.25) is 0 Å². The van der Waals surface area contributed by atoms with Crippen molar-refractivity contribution in [3.05, 3.63) is 59.7 Å². The van der Waals surface area contributed by atoms with E-state index < -0.39 is 0 Å². The molecule has 0 aliphatic rings. The minimum absolute atomic E-state index is 0.185. The van der Waals surface area contributed by atoms with E-state index in [2.05, 4.69) is 34.3 Å². The van der Waals surface area contributed by atoms with Gasteiger partial charge in [0.1, 0.15) is 5.69 Å². The first-order valence-corrected chi connectivity index (χ1v) is 6.28. The Morgan fingerprint density at radius 3 is 2.58 bits per heavy atom. The molecular weight excluding hydrogens is 238 g/mol. The number of aromatic nitrogens is 2. The normalized spacial score (nSPS) is 11.9. The lowest BCUT2D eigenvalue weighted by Crippen LogP contribution is -2.28. The number of hydrogen-bond donors (Lipinski definition) is 1. The average Bonchev–Trinajstić information content (AvgIpc) is 2.46. The van der Waals surface area contributed by atoms with Gasteiger partial charge in [-0.2, -0.15) is 0 Å². The molecule has 0 aliphatic carbocycles. The standard InChI is InChI=1S/C15H17N3O/c1-11(13-6-4-3-5-7-13)8-18-15(19)14-10-16-12(2)9-17-14/h3-7,9-11H,8H2,1-2H3,(H,18,19)/t11-/m1/s1. The SMILES string of the molecule is Cc1cnc(C(=O)NC[C@@H](C)c2ccccc2)cn1. The summed E-state index contributed by atoms with van der Waals surface area (Å²) in [5.74, 6) is 0.0823. The van der Waals surface area contributed by atoms with Crippen LogP contribution in [-0.2, 0) is 0 Å². The zero-order valence-corrected chi connectivity index (χ0v) is 11.1. The van der Waals surface area contributed by atoms with Crippen LogP contribution < -0.4 is 5.32 Å². The second-order valence-corrected chi connectivity index (χ2v) is 4.56. The number of aryl methyl sites for hydroxylation is 1. The molecule has 0 unspecified atom stereocenters. The van der Waals surface area contributed by atoms with Gasteiger partial charge in [-0.3, -0.25) is 9.78 Å². The van der Waals surface area contributed by atoms with Crippen LogP contribution in [0.25, 0.3) is 0 Å². The van der Waals surface area contributed by atoms with Crippen molar-refractivity contribution < 1.29 is 4.79 Å². The summed E-state index contributed by atoms with van der Waals surface area (Å²) in [7, 11) is 0. The molecule has 2 rings (SSSR count). The molecule has 0 spiro atoms. The maximum Gasteiger partial charge on any atom is 0.271 e. The third kappa shape index (κ3) is 3.61. The van der Waals surface area contributed by atoms with Crippen LogP contribution in [0.5, 0.6) is 0 Å². The molecule has 0 fully saturated rings. The fourth-order valence-corrected chi connectivity index (χ4v) is 1.75. The highest BCUT2D eigenvalue weighted by Crippen LogP contribution is 2.13. The zero-order chi connectivity index (χ0) is 13.7. The van der Waals surface area contributed by atoms with Crippen LogP contribution >= 0.6 is 0 Å². The maximum atomic E-state index is 11.9.